The molecule has 0 aliphatic rings. The first-order valence-corrected chi connectivity index (χ1v) is 7.68. The zero-order chi connectivity index (χ0) is 4.50. The van der Waals surface area contributed by atoms with E-state index in [2.05, 4.69) is 40.6 Å². The van der Waals surface area contributed by atoms with Crippen LogP contribution in [0.2, 0.25) is 19.6 Å². The fourth-order valence-corrected chi connectivity index (χ4v) is 0. The van der Waals surface area contributed by atoms with E-state index in [1.165, 1.54) is 0 Å². The van der Waals surface area contributed by atoms with Crippen LogP contribution in [0.3, 0.4) is 0 Å². The molecule has 0 saturated carbocycles. The van der Waals surface area contributed by atoms with Crippen molar-refractivity contribution in [2.24, 2.45) is 0 Å². The molecule has 0 aromatic rings. The van der Waals surface area contributed by atoms with Gasteiger partial charge in [0.25, 0.3) is 0 Å². The molecule has 0 nitrogen and oxygen atoms in total. The molecule has 0 fully saturated rings. The molecule has 0 atom stereocenters. The normalized spacial score (nSPS) is 10.2. The quantitative estimate of drug-likeness (QED) is 0.375. The van der Waals surface area contributed by atoms with E-state index in [9.17, 15) is 0 Å². The predicted molar refractivity (Wildman–Crippen MR) is 29.1 cm³/mol. The van der Waals surface area contributed by atoms with Crippen molar-refractivity contribution in [3.63, 3.8) is 0 Å². The molecule has 0 saturated heterocycles. The van der Waals surface area contributed by atoms with Crippen LogP contribution in [-0.4, -0.2) is 26.7 Å². The van der Waals surface area contributed by atoms with Crippen LogP contribution in [0.5, 0.6) is 0 Å². The summed E-state index contributed by atoms with van der Waals surface area (Å²) in [6, 6.07) is 0. The van der Waals surface area contributed by atoms with Crippen LogP contribution < -0.4 is 17.0 Å². The van der Waals surface area contributed by atoms with Crippen LogP contribution >= 0.6 is 0 Å². The fraction of sp³-hybridized carbons (Fsp3) is 1.00. The average molecular weight is 177 g/mol. The Morgan fingerprint density at radius 2 is 1.17 bits per heavy atom. The fourth-order valence-electron chi connectivity index (χ4n) is 0. The molecule has 34 valence electrons. The van der Waals surface area contributed by atoms with Gasteiger partial charge in [-0.1, -0.05) is 0 Å². The molecule has 0 spiro atoms. The third kappa shape index (κ3) is 50.8. The Kier molecular flexibility index (Phi) is 6.03. The molecule has 3 heteroatoms. The van der Waals surface area contributed by atoms with Gasteiger partial charge >= 0.3 is 46.3 Å². The second-order valence-corrected chi connectivity index (χ2v) is 14.0. The average Bonchev–Trinajstić information content (AvgIpc) is 0.722. The standard InChI is InChI=1S/C3H9Si.BrH.Mg/c1-4(2)3;;/h1-3H3;1H;/q;;+1/p-1. The molecule has 0 aromatic heterocycles. The van der Waals surface area contributed by atoms with Crippen molar-refractivity contribution in [1.29, 1.82) is 0 Å². The summed E-state index contributed by atoms with van der Waals surface area (Å²) in [6.07, 6.45) is 0. The first-order chi connectivity index (χ1) is 2.00. The van der Waals surface area contributed by atoms with Crippen LogP contribution in [0.4, 0.5) is 0 Å². The van der Waals surface area contributed by atoms with E-state index in [4.69, 9.17) is 0 Å². The minimum absolute atomic E-state index is 0. The van der Waals surface area contributed by atoms with Crippen LogP contribution in [0, 0.1) is 0 Å². The Balaban J connectivity index is 0. The molecule has 0 radical (unpaired) electrons. The Hall–Kier alpha value is 1.46. The van der Waals surface area contributed by atoms with Crippen LogP contribution in [0.15, 0.2) is 0 Å². The Morgan fingerprint density at radius 1 is 1.17 bits per heavy atom. The summed E-state index contributed by atoms with van der Waals surface area (Å²) in [5, 5.41) is 0. The summed E-state index contributed by atoms with van der Waals surface area (Å²) in [4.78, 5) is 0. The van der Waals surface area contributed by atoms with E-state index < -0.39 is 5.72 Å². The number of rotatable bonds is 0. The molecule has 0 aromatic carbocycles. The van der Waals surface area contributed by atoms with Gasteiger partial charge in [-0.2, -0.15) is 0 Å². The molecule has 6 heavy (non-hydrogen) atoms. The summed E-state index contributed by atoms with van der Waals surface area (Å²) in [7, 11) is 0. The number of hydrogen-bond donors (Lipinski definition) is 0. The maximum atomic E-state index is 2.34. The van der Waals surface area contributed by atoms with Crippen molar-refractivity contribution in [2.45, 2.75) is 19.6 Å². The van der Waals surface area contributed by atoms with Crippen molar-refractivity contribution in [1.82, 2.24) is 0 Å². The van der Waals surface area contributed by atoms with Gasteiger partial charge in [0.2, 0.25) is 0 Å². The zero-order valence-electron chi connectivity index (χ0n) is 4.59. The Bertz CT molecular complexity index is 26.3. The Morgan fingerprint density at radius 3 is 1.17 bits per heavy atom. The molecule has 0 aliphatic carbocycles. The van der Waals surface area contributed by atoms with E-state index >= 15 is 0 Å². The SMILES string of the molecule is C[Si](C)(C)[Mg+].[Br-]. The largest absolute Gasteiger partial charge is 1.00 e. The molecule has 0 N–H and O–H groups in total. The third-order valence-electron chi connectivity index (χ3n) is 0. The first-order valence-electron chi connectivity index (χ1n) is 1.85. The molecule has 0 heterocycles. The van der Waals surface area contributed by atoms with Gasteiger partial charge < -0.3 is 17.0 Å². The summed E-state index contributed by atoms with van der Waals surface area (Å²) in [5.74, 6) is 0. The van der Waals surface area contributed by atoms with E-state index in [-0.39, 0.29) is 17.0 Å². The zero-order valence-corrected chi connectivity index (χ0v) is 8.59. The summed E-state index contributed by atoms with van der Waals surface area (Å²) >= 11 is 2.15. The van der Waals surface area contributed by atoms with Gasteiger partial charge in [0, 0.05) is 0 Å². The maximum absolute atomic E-state index is 2.34. The first kappa shape index (κ1) is 10.4. The van der Waals surface area contributed by atoms with E-state index in [1.807, 2.05) is 0 Å². The van der Waals surface area contributed by atoms with Crippen molar-refractivity contribution in [3.05, 3.63) is 0 Å². The van der Waals surface area contributed by atoms with Gasteiger partial charge in [-0.05, 0) is 0 Å². The maximum Gasteiger partial charge on any atom is -1.00 e. The monoisotopic (exact) mass is 176 g/mol. The molecule has 0 rings (SSSR count). The van der Waals surface area contributed by atoms with E-state index in [0.717, 1.165) is 0 Å². The Labute approximate surface area is 63.0 Å². The molecule has 0 bridgehead atoms. The van der Waals surface area contributed by atoms with Gasteiger partial charge in [0.1, 0.15) is 0 Å². The van der Waals surface area contributed by atoms with Crippen LogP contribution in [0.1, 0.15) is 0 Å². The predicted octanol–water partition coefficient (Wildman–Crippen LogP) is -2.01. The van der Waals surface area contributed by atoms with Gasteiger partial charge in [-0.25, -0.2) is 0 Å². The van der Waals surface area contributed by atoms with E-state index in [1.54, 1.807) is 0 Å². The van der Waals surface area contributed by atoms with E-state index in [0.29, 0.717) is 0 Å². The minimum Gasteiger partial charge on any atom is -1.00 e. The van der Waals surface area contributed by atoms with Crippen molar-refractivity contribution >= 4 is 26.7 Å². The summed E-state index contributed by atoms with van der Waals surface area (Å²) < 4.78 is 0. The number of hydrogen-bond acceptors (Lipinski definition) is 0. The topological polar surface area (TPSA) is 0 Å². The molecule has 0 amide bonds. The van der Waals surface area contributed by atoms with Crippen molar-refractivity contribution in [2.75, 3.05) is 0 Å². The van der Waals surface area contributed by atoms with Gasteiger partial charge in [-0.15, -0.1) is 0 Å². The van der Waals surface area contributed by atoms with Crippen LogP contribution in [-0.2, 0) is 0 Å². The molecule has 0 aliphatic heterocycles. The smallest absolute Gasteiger partial charge is 1.00 e. The van der Waals surface area contributed by atoms with Gasteiger partial charge in [-0.3, -0.25) is 0 Å². The van der Waals surface area contributed by atoms with Gasteiger partial charge in [0.15, 0.2) is 0 Å². The summed E-state index contributed by atoms with van der Waals surface area (Å²) in [6.45, 7) is 7.02. The van der Waals surface area contributed by atoms with Crippen molar-refractivity contribution < 1.29 is 17.0 Å². The molecule has 0 unspecified atom stereocenters. The number of halogens is 1. The minimum atomic E-state index is -0.583. The molecular weight excluding hydrogens is 168 g/mol. The molecular formula is C3H9BrMgSi. The second-order valence-electron chi connectivity index (χ2n) is 2.56. The van der Waals surface area contributed by atoms with Crippen LogP contribution in [0.25, 0.3) is 0 Å². The second kappa shape index (κ2) is 3.46. The summed E-state index contributed by atoms with van der Waals surface area (Å²) in [5.41, 5.74) is -0.583. The third-order valence-corrected chi connectivity index (χ3v) is 0. The van der Waals surface area contributed by atoms with Crippen molar-refractivity contribution in [3.8, 4) is 0 Å². The van der Waals surface area contributed by atoms with Gasteiger partial charge in [0.05, 0.1) is 0 Å².